The average Bonchev–Trinajstić information content (AvgIpc) is 2.67. The van der Waals surface area contributed by atoms with E-state index in [-0.39, 0.29) is 23.6 Å². The first-order valence-electron chi connectivity index (χ1n) is 8.30. The van der Waals surface area contributed by atoms with Crippen LogP contribution in [0.4, 0.5) is 4.39 Å². The molecular weight excluding hydrogens is 367 g/mol. The second-order valence-electron chi connectivity index (χ2n) is 6.11. The lowest BCUT2D eigenvalue weighted by atomic mass is 9.82. The molecule has 1 amide bonds. The number of pyridine rings is 2. The molecule has 2 aromatic heterocycles. The van der Waals surface area contributed by atoms with Crippen LogP contribution in [0.1, 0.15) is 16.7 Å². The van der Waals surface area contributed by atoms with Crippen molar-refractivity contribution >= 4 is 17.5 Å². The number of hydrogen-bond acceptors (Lipinski definition) is 4. The van der Waals surface area contributed by atoms with E-state index < -0.39 is 17.3 Å². The van der Waals surface area contributed by atoms with Gasteiger partial charge in [-0.1, -0.05) is 23.7 Å². The first-order valence-corrected chi connectivity index (χ1v) is 8.68. The van der Waals surface area contributed by atoms with Crippen molar-refractivity contribution in [1.29, 1.82) is 0 Å². The number of nitrogens with zero attached hydrogens (tertiary/aromatic N) is 2. The lowest BCUT2D eigenvalue weighted by Gasteiger charge is -2.33. The van der Waals surface area contributed by atoms with Crippen molar-refractivity contribution in [2.24, 2.45) is 5.73 Å². The standard InChI is InChI=1S/C20H18ClFN4O/c21-16-4-1-5-17(22)18(16)20(19(23)27,11-14-6-9-24-10-7-14)26-13-15-3-2-8-25-12-15/h1-10,12,26H,11,13H2,(H2,23,27). The fourth-order valence-corrected chi connectivity index (χ4v) is 3.33. The quantitative estimate of drug-likeness (QED) is 0.656. The van der Waals surface area contributed by atoms with E-state index in [2.05, 4.69) is 15.3 Å². The summed E-state index contributed by atoms with van der Waals surface area (Å²) in [6, 6.07) is 11.4. The highest BCUT2D eigenvalue weighted by atomic mass is 35.5. The molecule has 1 aromatic carbocycles. The van der Waals surface area contributed by atoms with Crippen molar-refractivity contribution < 1.29 is 9.18 Å². The molecule has 0 radical (unpaired) electrons. The fraction of sp³-hybridized carbons (Fsp3) is 0.150. The van der Waals surface area contributed by atoms with Gasteiger partial charge >= 0.3 is 0 Å². The summed E-state index contributed by atoms with van der Waals surface area (Å²) in [6.07, 6.45) is 6.63. The monoisotopic (exact) mass is 384 g/mol. The van der Waals surface area contributed by atoms with Crippen LogP contribution in [0.2, 0.25) is 5.02 Å². The number of nitrogens with two attached hydrogens (primary N) is 1. The zero-order valence-electron chi connectivity index (χ0n) is 14.4. The molecule has 3 N–H and O–H groups in total. The largest absolute Gasteiger partial charge is 0.368 e. The maximum Gasteiger partial charge on any atom is 0.242 e. The minimum absolute atomic E-state index is 0.0277. The van der Waals surface area contributed by atoms with Gasteiger partial charge in [-0.25, -0.2) is 4.39 Å². The maximum atomic E-state index is 14.8. The van der Waals surface area contributed by atoms with Gasteiger partial charge in [-0.3, -0.25) is 20.1 Å². The van der Waals surface area contributed by atoms with Crippen LogP contribution in [0.3, 0.4) is 0 Å². The molecule has 5 nitrogen and oxygen atoms in total. The summed E-state index contributed by atoms with van der Waals surface area (Å²) in [7, 11) is 0. The highest BCUT2D eigenvalue weighted by Gasteiger charge is 2.42. The van der Waals surface area contributed by atoms with E-state index in [9.17, 15) is 9.18 Å². The van der Waals surface area contributed by atoms with E-state index in [1.165, 1.54) is 18.2 Å². The molecule has 1 atom stereocenters. The van der Waals surface area contributed by atoms with E-state index in [4.69, 9.17) is 17.3 Å². The number of carbonyl (C=O) groups excluding carboxylic acids is 1. The lowest BCUT2D eigenvalue weighted by molar-refractivity contribution is -0.125. The molecule has 0 spiro atoms. The van der Waals surface area contributed by atoms with Crippen LogP contribution in [0.15, 0.2) is 67.3 Å². The van der Waals surface area contributed by atoms with Gasteiger partial charge in [0, 0.05) is 48.3 Å². The second-order valence-corrected chi connectivity index (χ2v) is 6.52. The number of benzene rings is 1. The molecule has 0 aliphatic heterocycles. The Kier molecular flexibility index (Phi) is 5.78. The van der Waals surface area contributed by atoms with Gasteiger partial charge in [0.15, 0.2) is 0 Å². The number of rotatable bonds is 7. The first-order chi connectivity index (χ1) is 13.0. The van der Waals surface area contributed by atoms with Gasteiger partial charge in [0.1, 0.15) is 11.4 Å². The molecule has 3 aromatic rings. The SMILES string of the molecule is NC(=O)C(Cc1ccncc1)(NCc1cccnc1)c1c(F)cccc1Cl. The highest BCUT2D eigenvalue weighted by molar-refractivity contribution is 6.31. The predicted molar refractivity (Wildman–Crippen MR) is 101 cm³/mol. The molecule has 1 unspecified atom stereocenters. The van der Waals surface area contributed by atoms with E-state index in [0.29, 0.717) is 0 Å². The van der Waals surface area contributed by atoms with Crippen LogP contribution in [-0.4, -0.2) is 15.9 Å². The minimum atomic E-state index is -1.54. The zero-order valence-corrected chi connectivity index (χ0v) is 15.2. The van der Waals surface area contributed by atoms with E-state index in [0.717, 1.165) is 11.1 Å². The van der Waals surface area contributed by atoms with Crippen LogP contribution in [0, 0.1) is 5.82 Å². The molecule has 7 heteroatoms. The van der Waals surface area contributed by atoms with Gasteiger partial charge in [-0.15, -0.1) is 0 Å². The third-order valence-electron chi connectivity index (χ3n) is 4.35. The first kappa shape index (κ1) is 18.9. The molecular formula is C20H18ClFN4O. The molecule has 27 heavy (non-hydrogen) atoms. The summed E-state index contributed by atoms with van der Waals surface area (Å²) in [4.78, 5) is 20.7. The third-order valence-corrected chi connectivity index (χ3v) is 4.66. The van der Waals surface area contributed by atoms with Crippen molar-refractivity contribution in [1.82, 2.24) is 15.3 Å². The number of aromatic nitrogens is 2. The summed E-state index contributed by atoms with van der Waals surface area (Å²) in [6.45, 7) is 0.256. The summed E-state index contributed by atoms with van der Waals surface area (Å²) in [5.74, 6) is -1.33. The van der Waals surface area contributed by atoms with Gasteiger partial charge in [0.2, 0.25) is 5.91 Å². The van der Waals surface area contributed by atoms with E-state index >= 15 is 0 Å². The Bertz CT molecular complexity index is 904. The van der Waals surface area contributed by atoms with Gasteiger partial charge in [-0.05, 0) is 41.5 Å². The Hall–Kier alpha value is -2.83. The number of carbonyl (C=O) groups is 1. The summed E-state index contributed by atoms with van der Waals surface area (Å²) in [5, 5.41) is 3.26. The third kappa shape index (κ3) is 4.13. The molecule has 3 rings (SSSR count). The molecule has 0 aliphatic rings. The number of hydrogen-bond donors (Lipinski definition) is 2. The van der Waals surface area contributed by atoms with Crippen molar-refractivity contribution in [3.05, 3.63) is 94.8 Å². The van der Waals surface area contributed by atoms with Crippen LogP contribution in [0.5, 0.6) is 0 Å². The van der Waals surface area contributed by atoms with Gasteiger partial charge in [0.25, 0.3) is 0 Å². The molecule has 2 heterocycles. The lowest BCUT2D eigenvalue weighted by Crippen LogP contribution is -2.54. The smallest absolute Gasteiger partial charge is 0.242 e. The normalized spacial score (nSPS) is 13.1. The molecule has 0 bridgehead atoms. The number of amides is 1. The summed E-state index contributed by atoms with van der Waals surface area (Å²) in [5.41, 5.74) is 5.87. The van der Waals surface area contributed by atoms with Crippen molar-refractivity contribution in [2.45, 2.75) is 18.5 Å². The van der Waals surface area contributed by atoms with Gasteiger partial charge < -0.3 is 5.73 Å². The topological polar surface area (TPSA) is 80.9 Å². The molecule has 0 aliphatic carbocycles. The van der Waals surface area contributed by atoms with Crippen LogP contribution in [0.25, 0.3) is 0 Å². The molecule has 0 saturated carbocycles. The van der Waals surface area contributed by atoms with Crippen molar-refractivity contribution in [2.75, 3.05) is 0 Å². The number of halogens is 2. The highest BCUT2D eigenvalue weighted by Crippen LogP contribution is 2.34. The Labute approximate surface area is 161 Å². The second kappa shape index (κ2) is 8.24. The van der Waals surface area contributed by atoms with Crippen LogP contribution in [-0.2, 0) is 23.3 Å². The Morgan fingerprint density at radius 3 is 2.48 bits per heavy atom. The maximum absolute atomic E-state index is 14.8. The van der Waals surface area contributed by atoms with Gasteiger partial charge in [-0.2, -0.15) is 0 Å². The van der Waals surface area contributed by atoms with Crippen molar-refractivity contribution in [3.8, 4) is 0 Å². The van der Waals surface area contributed by atoms with Crippen LogP contribution < -0.4 is 11.1 Å². The Morgan fingerprint density at radius 2 is 1.85 bits per heavy atom. The molecule has 138 valence electrons. The average molecular weight is 385 g/mol. The number of primary amides is 1. The zero-order chi connectivity index (χ0) is 19.3. The predicted octanol–water partition coefficient (Wildman–Crippen LogP) is 2.98. The Morgan fingerprint density at radius 1 is 1.07 bits per heavy atom. The van der Waals surface area contributed by atoms with Gasteiger partial charge in [0.05, 0.1) is 0 Å². The fourth-order valence-electron chi connectivity index (χ4n) is 3.00. The Balaban J connectivity index is 2.09. The summed E-state index contributed by atoms with van der Waals surface area (Å²) < 4.78 is 14.8. The van der Waals surface area contributed by atoms with E-state index in [1.54, 1.807) is 43.0 Å². The van der Waals surface area contributed by atoms with Crippen molar-refractivity contribution in [3.63, 3.8) is 0 Å². The molecule has 0 fully saturated rings. The van der Waals surface area contributed by atoms with Crippen LogP contribution >= 0.6 is 11.6 Å². The van der Waals surface area contributed by atoms with E-state index in [1.807, 2.05) is 6.07 Å². The molecule has 0 saturated heterocycles. The number of nitrogens with one attached hydrogen (secondary N) is 1. The minimum Gasteiger partial charge on any atom is -0.368 e. The summed E-state index contributed by atoms with van der Waals surface area (Å²) >= 11 is 6.29.